The number of rotatable bonds is 6. The third kappa shape index (κ3) is 5.14. The highest BCUT2D eigenvalue weighted by atomic mass is 32.2. The predicted octanol–water partition coefficient (Wildman–Crippen LogP) is 3.43. The first-order valence-corrected chi connectivity index (χ1v) is 9.79. The third-order valence-corrected chi connectivity index (χ3v) is 5.58. The van der Waals surface area contributed by atoms with Crippen molar-refractivity contribution in [2.75, 3.05) is 16.4 Å². The zero-order valence-corrected chi connectivity index (χ0v) is 16.5. The van der Waals surface area contributed by atoms with Crippen LogP contribution in [0.4, 0.5) is 10.8 Å². The zero-order valence-electron chi connectivity index (χ0n) is 14.9. The van der Waals surface area contributed by atoms with Crippen molar-refractivity contribution in [2.24, 2.45) is 0 Å². The summed E-state index contributed by atoms with van der Waals surface area (Å²) >= 11 is 2.44. The Morgan fingerprint density at radius 2 is 1.93 bits per heavy atom. The van der Waals surface area contributed by atoms with Crippen molar-refractivity contribution < 1.29 is 14.1 Å². The van der Waals surface area contributed by atoms with Crippen molar-refractivity contribution in [3.8, 4) is 0 Å². The highest BCUT2D eigenvalue weighted by Crippen LogP contribution is 2.26. The topological polar surface area (TPSA) is 110 Å². The molecule has 0 spiro atoms. The lowest BCUT2D eigenvalue weighted by Gasteiger charge is -2.06. The highest BCUT2D eigenvalue weighted by molar-refractivity contribution is 8.01. The van der Waals surface area contributed by atoms with Gasteiger partial charge in [-0.3, -0.25) is 14.9 Å². The summed E-state index contributed by atoms with van der Waals surface area (Å²) in [5.41, 5.74) is 3.22. The van der Waals surface area contributed by atoms with Crippen molar-refractivity contribution >= 4 is 45.7 Å². The van der Waals surface area contributed by atoms with Gasteiger partial charge in [-0.15, -0.1) is 10.2 Å². The van der Waals surface area contributed by atoms with E-state index in [-0.39, 0.29) is 17.4 Å². The molecule has 27 heavy (non-hydrogen) atoms. The summed E-state index contributed by atoms with van der Waals surface area (Å²) < 4.78 is 5.44. The van der Waals surface area contributed by atoms with Crippen LogP contribution in [0.5, 0.6) is 0 Å². The van der Waals surface area contributed by atoms with Gasteiger partial charge >= 0.3 is 0 Å². The summed E-state index contributed by atoms with van der Waals surface area (Å²) in [5, 5.41) is 17.3. The van der Waals surface area contributed by atoms with Crippen molar-refractivity contribution in [3.05, 3.63) is 46.8 Å². The molecule has 2 N–H and O–H groups in total. The average molecular weight is 403 g/mol. The van der Waals surface area contributed by atoms with Gasteiger partial charge in [-0.05, 0) is 44.0 Å². The number of thioether (sulfide) groups is 1. The number of nitrogens with zero attached hydrogens (tertiary/aromatic N) is 3. The van der Waals surface area contributed by atoms with E-state index in [9.17, 15) is 9.59 Å². The Balaban J connectivity index is 1.50. The summed E-state index contributed by atoms with van der Waals surface area (Å²) in [6.07, 6.45) is 0. The maximum absolute atomic E-state index is 12.1. The summed E-state index contributed by atoms with van der Waals surface area (Å²) in [6.45, 7) is 5.72. The van der Waals surface area contributed by atoms with Gasteiger partial charge < -0.3 is 9.84 Å². The van der Waals surface area contributed by atoms with E-state index < -0.39 is 5.91 Å². The molecule has 3 rings (SSSR count). The number of nitrogens with one attached hydrogen (secondary N) is 2. The number of aromatic nitrogens is 3. The molecule has 2 aromatic heterocycles. The number of carbonyl (C=O) groups excluding carboxylic acids is 2. The average Bonchev–Trinajstić information content (AvgIpc) is 3.25. The molecule has 8 nitrogen and oxygen atoms in total. The molecular weight excluding hydrogens is 386 g/mol. The van der Waals surface area contributed by atoms with E-state index in [0.717, 1.165) is 11.3 Å². The molecule has 0 radical (unpaired) electrons. The second-order valence-electron chi connectivity index (χ2n) is 5.79. The molecule has 10 heteroatoms. The van der Waals surface area contributed by atoms with Gasteiger partial charge in [0, 0.05) is 11.8 Å². The monoisotopic (exact) mass is 403 g/mol. The molecule has 0 aliphatic rings. The number of carbonyl (C=O) groups is 2. The summed E-state index contributed by atoms with van der Waals surface area (Å²) in [6, 6.07) is 7.30. The number of hydrogen-bond donors (Lipinski definition) is 2. The van der Waals surface area contributed by atoms with E-state index >= 15 is 0 Å². The number of amides is 2. The maximum Gasteiger partial charge on any atom is 0.279 e. The van der Waals surface area contributed by atoms with Gasteiger partial charge in [0.05, 0.1) is 5.75 Å². The summed E-state index contributed by atoms with van der Waals surface area (Å²) in [4.78, 5) is 24.1. The van der Waals surface area contributed by atoms with Gasteiger partial charge in [0.2, 0.25) is 11.0 Å². The predicted molar refractivity (Wildman–Crippen MR) is 104 cm³/mol. The lowest BCUT2D eigenvalue weighted by molar-refractivity contribution is -0.113. The fraction of sp³-hybridized carbons (Fsp3) is 0.235. The number of hydrogen-bond acceptors (Lipinski definition) is 8. The van der Waals surface area contributed by atoms with Gasteiger partial charge in [0.15, 0.2) is 10.0 Å². The molecule has 1 aromatic carbocycles. The van der Waals surface area contributed by atoms with Gasteiger partial charge in [-0.1, -0.05) is 34.3 Å². The molecule has 2 amide bonds. The van der Waals surface area contributed by atoms with Crippen LogP contribution in [0, 0.1) is 20.8 Å². The van der Waals surface area contributed by atoms with Crippen molar-refractivity contribution in [3.63, 3.8) is 0 Å². The van der Waals surface area contributed by atoms with E-state index in [1.165, 1.54) is 34.7 Å². The standard InChI is InChI=1S/C17H17N5O3S2/c1-9-4-5-12(6-10(9)2)18-14(23)8-26-17-21-20-16(27-17)19-15(24)13-7-11(3)25-22-13/h4-7H,8H2,1-3H3,(H,18,23)(H,19,20,24). The Morgan fingerprint density at radius 1 is 1.11 bits per heavy atom. The second kappa shape index (κ2) is 8.31. The second-order valence-corrected chi connectivity index (χ2v) is 7.99. The van der Waals surface area contributed by atoms with Crippen LogP contribution in [0.3, 0.4) is 0 Å². The smallest absolute Gasteiger partial charge is 0.279 e. The fourth-order valence-corrected chi connectivity index (χ4v) is 3.64. The first-order valence-electron chi connectivity index (χ1n) is 7.99. The Morgan fingerprint density at radius 3 is 2.63 bits per heavy atom. The fourth-order valence-electron chi connectivity index (χ4n) is 2.10. The van der Waals surface area contributed by atoms with E-state index in [2.05, 4.69) is 26.0 Å². The zero-order chi connectivity index (χ0) is 19.4. The Hall–Kier alpha value is -2.72. The van der Waals surface area contributed by atoms with Gasteiger partial charge in [-0.25, -0.2) is 0 Å². The van der Waals surface area contributed by atoms with Crippen LogP contribution in [0.2, 0.25) is 0 Å². The number of anilines is 2. The van der Waals surface area contributed by atoms with Crippen LogP contribution in [0.15, 0.2) is 33.1 Å². The van der Waals surface area contributed by atoms with Crippen molar-refractivity contribution in [1.82, 2.24) is 15.4 Å². The first-order chi connectivity index (χ1) is 12.9. The van der Waals surface area contributed by atoms with E-state index in [4.69, 9.17) is 4.52 Å². The molecular formula is C17H17N5O3S2. The van der Waals surface area contributed by atoms with E-state index in [1.54, 1.807) is 6.92 Å². The lowest BCUT2D eigenvalue weighted by atomic mass is 10.1. The molecule has 140 valence electrons. The van der Waals surface area contributed by atoms with Crippen LogP contribution in [0.25, 0.3) is 0 Å². The minimum atomic E-state index is -0.424. The van der Waals surface area contributed by atoms with Gasteiger partial charge in [-0.2, -0.15) is 0 Å². The van der Waals surface area contributed by atoms with Gasteiger partial charge in [0.25, 0.3) is 5.91 Å². The number of benzene rings is 1. The summed E-state index contributed by atoms with van der Waals surface area (Å²) in [7, 11) is 0. The third-order valence-electron chi connectivity index (χ3n) is 3.60. The molecule has 0 fully saturated rings. The molecule has 2 heterocycles. The number of aryl methyl sites for hydroxylation is 3. The lowest BCUT2D eigenvalue weighted by Crippen LogP contribution is -2.14. The molecule has 0 unspecified atom stereocenters. The molecule has 0 aliphatic carbocycles. The summed E-state index contributed by atoms with van der Waals surface area (Å²) in [5.74, 6) is 0.176. The van der Waals surface area contributed by atoms with Crippen LogP contribution in [-0.2, 0) is 4.79 Å². The van der Waals surface area contributed by atoms with Crippen LogP contribution < -0.4 is 10.6 Å². The van der Waals surface area contributed by atoms with Crippen LogP contribution in [-0.4, -0.2) is 32.9 Å². The van der Waals surface area contributed by atoms with Gasteiger partial charge in [0.1, 0.15) is 5.76 Å². The van der Waals surface area contributed by atoms with Crippen LogP contribution in [0.1, 0.15) is 27.4 Å². The van der Waals surface area contributed by atoms with Crippen LogP contribution >= 0.6 is 23.1 Å². The SMILES string of the molecule is Cc1cc(C(=O)Nc2nnc(SCC(=O)Nc3ccc(C)c(C)c3)s2)no1. The Labute approximate surface area is 163 Å². The molecule has 0 saturated carbocycles. The van der Waals surface area contributed by atoms with Crippen molar-refractivity contribution in [2.45, 2.75) is 25.1 Å². The highest BCUT2D eigenvalue weighted by Gasteiger charge is 2.14. The van der Waals surface area contributed by atoms with E-state index in [0.29, 0.717) is 15.2 Å². The molecule has 0 atom stereocenters. The Kier molecular flexibility index (Phi) is 5.87. The van der Waals surface area contributed by atoms with Crippen molar-refractivity contribution in [1.29, 1.82) is 0 Å². The quantitative estimate of drug-likeness (QED) is 0.479. The molecule has 0 bridgehead atoms. The largest absolute Gasteiger partial charge is 0.361 e. The van der Waals surface area contributed by atoms with E-state index in [1.807, 2.05) is 32.0 Å². The maximum atomic E-state index is 12.1. The first kappa shape index (κ1) is 19.1. The molecule has 3 aromatic rings. The minimum absolute atomic E-state index is 0.137. The molecule has 0 aliphatic heterocycles. The molecule has 0 saturated heterocycles. The minimum Gasteiger partial charge on any atom is -0.361 e. The Bertz CT molecular complexity index is 983. The normalized spacial score (nSPS) is 10.6.